The SMILES string of the molecule is CCCCNS(=O)(=O)c1cc(CNCCC)cc(C)c1Br. The molecule has 4 nitrogen and oxygen atoms in total. The topological polar surface area (TPSA) is 58.2 Å². The van der Waals surface area contributed by atoms with E-state index < -0.39 is 10.0 Å². The van der Waals surface area contributed by atoms with Gasteiger partial charge in [0.1, 0.15) is 0 Å². The first-order valence-electron chi connectivity index (χ1n) is 7.41. The van der Waals surface area contributed by atoms with Gasteiger partial charge in [0.15, 0.2) is 0 Å². The second kappa shape index (κ2) is 8.88. The maximum Gasteiger partial charge on any atom is 0.241 e. The molecule has 120 valence electrons. The summed E-state index contributed by atoms with van der Waals surface area (Å²) in [5, 5.41) is 3.30. The van der Waals surface area contributed by atoms with Gasteiger partial charge < -0.3 is 5.32 Å². The van der Waals surface area contributed by atoms with E-state index in [1.165, 1.54) is 0 Å². The number of sulfonamides is 1. The van der Waals surface area contributed by atoms with Crippen molar-refractivity contribution in [1.82, 2.24) is 10.0 Å². The van der Waals surface area contributed by atoms with Crippen molar-refractivity contribution in [2.45, 2.75) is 51.5 Å². The molecule has 0 radical (unpaired) electrons. The lowest BCUT2D eigenvalue weighted by molar-refractivity contribution is 0.577. The quantitative estimate of drug-likeness (QED) is 0.649. The summed E-state index contributed by atoms with van der Waals surface area (Å²) in [4.78, 5) is 0.326. The molecule has 1 rings (SSSR count). The molecular formula is C15H25BrN2O2S. The van der Waals surface area contributed by atoms with Gasteiger partial charge in [-0.05, 0) is 59.4 Å². The Labute approximate surface area is 136 Å². The fourth-order valence-electron chi connectivity index (χ4n) is 1.98. The van der Waals surface area contributed by atoms with Gasteiger partial charge in [0.25, 0.3) is 0 Å². The molecule has 6 heteroatoms. The molecule has 0 atom stereocenters. The summed E-state index contributed by atoms with van der Waals surface area (Å²) in [5.74, 6) is 0. The van der Waals surface area contributed by atoms with Crippen molar-refractivity contribution < 1.29 is 8.42 Å². The highest BCUT2D eigenvalue weighted by molar-refractivity contribution is 9.10. The standard InChI is InChI=1S/C15H25BrN2O2S/c1-4-6-8-18-21(19,20)14-10-13(11-17-7-5-2)9-12(3)15(14)16/h9-10,17-18H,4-8,11H2,1-3H3. The Morgan fingerprint density at radius 1 is 1.14 bits per heavy atom. The average molecular weight is 377 g/mol. The van der Waals surface area contributed by atoms with Crippen LogP contribution in [0, 0.1) is 6.92 Å². The Balaban J connectivity index is 2.99. The van der Waals surface area contributed by atoms with Gasteiger partial charge in [-0.1, -0.05) is 26.3 Å². The van der Waals surface area contributed by atoms with Crippen LogP contribution in [-0.2, 0) is 16.6 Å². The number of aryl methyl sites for hydroxylation is 1. The monoisotopic (exact) mass is 376 g/mol. The van der Waals surface area contributed by atoms with Crippen molar-refractivity contribution in [3.05, 3.63) is 27.7 Å². The minimum Gasteiger partial charge on any atom is -0.313 e. The fraction of sp³-hybridized carbons (Fsp3) is 0.600. The molecule has 0 fully saturated rings. The molecule has 0 amide bonds. The van der Waals surface area contributed by atoms with E-state index in [0.29, 0.717) is 22.5 Å². The van der Waals surface area contributed by atoms with Gasteiger partial charge in [-0.2, -0.15) is 0 Å². The zero-order valence-corrected chi connectivity index (χ0v) is 15.4. The highest BCUT2D eigenvalue weighted by Gasteiger charge is 2.19. The van der Waals surface area contributed by atoms with Crippen LogP contribution in [0.2, 0.25) is 0 Å². The molecule has 0 aliphatic rings. The van der Waals surface area contributed by atoms with Gasteiger partial charge in [-0.3, -0.25) is 0 Å². The molecule has 0 heterocycles. The summed E-state index contributed by atoms with van der Waals surface area (Å²) in [7, 11) is -3.46. The van der Waals surface area contributed by atoms with Gasteiger partial charge in [-0.15, -0.1) is 0 Å². The van der Waals surface area contributed by atoms with Crippen LogP contribution in [-0.4, -0.2) is 21.5 Å². The van der Waals surface area contributed by atoms with E-state index in [4.69, 9.17) is 0 Å². The summed E-state index contributed by atoms with van der Waals surface area (Å²) in [5.41, 5.74) is 1.92. The van der Waals surface area contributed by atoms with Crippen LogP contribution in [0.15, 0.2) is 21.5 Å². The van der Waals surface area contributed by atoms with Crippen LogP contribution in [0.5, 0.6) is 0 Å². The van der Waals surface area contributed by atoms with E-state index in [9.17, 15) is 8.42 Å². The lowest BCUT2D eigenvalue weighted by Crippen LogP contribution is -2.25. The molecular weight excluding hydrogens is 352 g/mol. The minimum absolute atomic E-state index is 0.326. The maximum absolute atomic E-state index is 12.4. The lowest BCUT2D eigenvalue weighted by atomic mass is 10.1. The molecule has 0 saturated heterocycles. The zero-order valence-electron chi connectivity index (χ0n) is 13.0. The van der Waals surface area contributed by atoms with Crippen molar-refractivity contribution in [3.8, 4) is 0 Å². The predicted octanol–water partition coefficient (Wildman–Crippen LogP) is 3.34. The van der Waals surface area contributed by atoms with Crippen molar-refractivity contribution in [2.75, 3.05) is 13.1 Å². The minimum atomic E-state index is -3.46. The molecule has 1 aromatic carbocycles. The first-order chi connectivity index (χ1) is 9.92. The summed E-state index contributed by atoms with van der Waals surface area (Å²) in [6, 6.07) is 3.76. The number of hydrogen-bond acceptors (Lipinski definition) is 3. The largest absolute Gasteiger partial charge is 0.313 e. The molecule has 0 aliphatic carbocycles. The van der Waals surface area contributed by atoms with E-state index >= 15 is 0 Å². The van der Waals surface area contributed by atoms with Crippen molar-refractivity contribution in [3.63, 3.8) is 0 Å². The van der Waals surface area contributed by atoms with Crippen LogP contribution in [0.1, 0.15) is 44.2 Å². The number of halogens is 1. The lowest BCUT2D eigenvalue weighted by Gasteiger charge is -2.13. The van der Waals surface area contributed by atoms with Crippen LogP contribution < -0.4 is 10.0 Å². The van der Waals surface area contributed by atoms with E-state index in [0.717, 1.165) is 36.9 Å². The number of nitrogens with one attached hydrogen (secondary N) is 2. The van der Waals surface area contributed by atoms with E-state index in [1.54, 1.807) is 6.07 Å². The third-order valence-electron chi connectivity index (χ3n) is 3.15. The van der Waals surface area contributed by atoms with Gasteiger partial charge in [0.2, 0.25) is 10.0 Å². The molecule has 0 bridgehead atoms. The third-order valence-corrected chi connectivity index (χ3v) is 5.95. The number of rotatable bonds is 9. The number of unbranched alkanes of at least 4 members (excludes halogenated alkanes) is 1. The van der Waals surface area contributed by atoms with Crippen molar-refractivity contribution >= 4 is 26.0 Å². The molecule has 1 aromatic rings. The highest BCUT2D eigenvalue weighted by atomic mass is 79.9. The van der Waals surface area contributed by atoms with Crippen molar-refractivity contribution in [1.29, 1.82) is 0 Å². The molecule has 0 spiro atoms. The van der Waals surface area contributed by atoms with Crippen LogP contribution in [0.3, 0.4) is 0 Å². The first-order valence-corrected chi connectivity index (χ1v) is 9.69. The third kappa shape index (κ3) is 5.70. The van der Waals surface area contributed by atoms with Crippen LogP contribution in [0.25, 0.3) is 0 Å². The molecule has 21 heavy (non-hydrogen) atoms. The summed E-state index contributed by atoms with van der Waals surface area (Å²) < 4.78 is 28.1. The summed E-state index contributed by atoms with van der Waals surface area (Å²) in [6.07, 6.45) is 2.86. The molecule has 0 saturated carbocycles. The molecule has 2 N–H and O–H groups in total. The smallest absolute Gasteiger partial charge is 0.241 e. The molecule has 0 unspecified atom stereocenters. The molecule has 0 aromatic heterocycles. The highest BCUT2D eigenvalue weighted by Crippen LogP contribution is 2.27. The molecule has 0 aliphatic heterocycles. The second-order valence-electron chi connectivity index (χ2n) is 5.15. The average Bonchev–Trinajstić information content (AvgIpc) is 2.42. The van der Waals surface area contributed by atoms with Gasteiger partial charge in [0, 0.05) is 17.6 Å². The maximum atomic E-state index is 12.4. The first kappa shape index (κ1) is 18.6. The van der Waals surface area contributed by atoms with Crippen LogP contribution in [0.4, 0.5) is 0 Å². The second-order valence-corrected chi connectivity index (χ2v) is 7.68. The summed E-state index contributed by atoms with van der Waals surface area (Å²) in [6.45, 7) is 8.13. The van der Waals surface area contributed by atoms with Gasteiger partial charge >= 0.3 is 0 Å². The number of hydrogen-bond donors (Lipinski definition) is 2. The fourth-order valence-corrected chi connectivity index (χ4v) is 4.12. The Kier molecular flexibility index (Phi) is 7.87. The normalized spacial score (nSPS) is 11.8. The Morgan fingerprint density at radius 3 is 2.48 bits per heavy atom. The Hall–Kier alpha value is -0.430. The van der Waals surface area contributed by atoms with Gasteiger partial charge in [-0.25, -0.2) is 13.1 Å². The number of benzene rings is 1. The predicted molar refractivity (Wildman–Crippen MR) is 91.0 cm³/mol. The van der Waals surface area contributed by atoms with Gasteiger partial charge in [0.05, 0.1) is 4.90 Å². The van der Waals surface area contributed by atoms with Crippen LogP contribution >= 0.6 is 15.9 Å². The van der Waals surface area contributed by atoms with Crippen molar-refractivity contribution in [2.24, 2.45) is 0 Å². The Morgan fingerprint density at radius 2 is 1.86 bits per heavy atom. The van der Waals surface area contributed by atoms with E-state index in [1.807, 2.05) is 19.9 Å². The van der Waals surface area contributed by atoms with E-state index in [2.05, 4.69) is 32.9 Å². The zero-order chi connectivity index (χ0) is 15.9. The van der Waals surface area contributed by atoms with E-state index in [-0.39, 0.29) is 0 Å². The Bertz CT molecular complexity index is 559. The summed E-state index contributed by atoms with van der Waals surface area (Å²) >= 11 is 3.40.